The Hall–Kier alpha value is -2.10. The Labute approximate surface area is 147 Å². The smallest absolute Gasteiger partial charge is 0.267 e. The lowest BCUT2D eigenvalue weighted by Gasteiger charge is -2.04. The number of amides is 1. The summed E-state index contributed by atoms with van der Waals surface area (Å²) in [5, 5.41) is 14.2. The minimum absolute atomic E-state index is 0.146. The average molecular weight is 363 g/mol. The molecule has 24 heavy (non-hydrogen) atoms. The summed E-state index contributed by atoms with van der Waals surface area (Å²) in [5.41, 5.74) is 0.790. The van der Waals surface area contributed by atoms with E-state index in [1.807, 2.05) is 23.9 Å². The van der Waals surface area contributed by atoms with Gasteiger partial charge in [0.1, 0.15) is 0 Å². The van der Waals surface area contributed by atoms with Gasteiger partial charge in [0.25, 0.3) is 5.91 Å². The van der Waals surface area contributed by atoms with Crippen LogP contribution >= 0.6 is 22.7 Å². The van der Waals surface area contributed by atoms with Gasteiger partial charge in [-0.25, -0.2) is 4.98 Å². The standard InChI is InChI=1S/C15H17N5O2S2/c1-9(16-2)6-12-18-13(22-20-12)7-10-8-24-15(17-10)19-14(21)11-4-3-5-23-11/h3-5,8-9,16H,6-7H2,1-2H3,(H,17,19,21). The summed E-state index contributed by atoms with van der Waals surface area (Å²) in [6, 6.07) is 3.91. The number of likely N-dealkylation sites (N-methyl/N-ethyl adjacent to an activating group) is 1. The summed E-state index contributed by atoms with van der Waals surface area (Å²) >= 11 is 2.77. The highest BCUT2D eigenvalue weighted by molar-refractivity contribution is 7.14. The van der Waals surface area contributed by atoms with Crippen LogP contribution < -0.4 is 10.6 Å². The highest BCUT2D eigenvalue weighted by Gasteiger charge is 2.13. The van der Waals surface area contributed by atoms with E-state index in [0.29, 0.717) is 34.6 Å². The van der Waals surface area contributed by atoms with Crippen LogP contribution in [0.2, 0.25) is 0 Å². The molecule has 0 spiro atoms. The number of hydrogen-bond acceptors (Lipinski definition) is 8. The molecule has 1 atom stereocenters. The molecule has 0 aromatic carbocycles. The van der Waals surface area contributed by atoms with Crippen LogP contribution in [0.5, 0.6) is 0 Å². The Balaban J connectivity index is 1.59. The number of anilines is 1. The van der Waals surface area contributed by atoms with E-state index in [9.17, 15) is 4.79 Å². The molecule has 0 fully saturated rings. The number of thiazole rings is 1. The molecule has 0 aliphatic carbocycles. The van der Waals surface area contributed by atoms with Gasteiger partial charge < -0.3 is 9.84 Å². The highest BCUT2D eigenvalue weighted by Crippen LogP contribution is 2.19. The molecule has 0 bridgehead atoms. The molecule has 0 saturated carbocycles. The zero-order valence-corrected chi connectivity index (χ0v) is 14.9. The van der Waals surface area contributed by atoms with E-state index >= 15 is 0 Å². The molecule has 7 nitrogen and oxygen atoms in total. The Morgan fingerprint density at radius 3 is 3.00 bits per heavy atom. The second-order valence-corrected chi connectivity index (χ2v) is 7.06. The van der Waals surface area contributed by atoms with Gasteiger partial charge in [-0.3, -0.25) is 10.1 Å². The number of hydrogen-bond donors (Lipinski definition) is 2. The normalized spacial score (nSPS) is 12.2. The lowest BCUT2D eigenvalue weighted by molar-refractivity contribution is 0.103. The largest absolute Gasteiger partial charge is 0.339 e. The van der Waals surface area contributed by atoms with E-state index in [1.54, 1.807) is 6.07 Å². The van der Waals surface area contributed by atoms with Gasteiger partial charge in [0.2, 0.25) is 5.89 Å². The number of aromatic nitrogens is 3. The fraction of sp³-hybridized carbons (Fsp3) is 0.333. The Bertz CT molecular complexity index is 797. The SMILES string of the molecule is CNC(C)Cc1noc(Cc2csc(NC(=O)c3cccs3)n2)n1. The van der Waals surface area contributed by atoms with Gasteiger partial charge in [-0.2, -0.15) is 4.98 Å². The molecule has 3 aromatic rings. The Morgan fingerprint density at radius 2 is 2.25 bits per heavy atom. The molecule has 3 rings (SSSR count). The van der Waals surface area contributed by atoms with Crippen LogP contribution in [0, 0.1) is 0 Å². The first-order valence-corrected chi connectivity index (χ1v) is 9.18. The maximum Gasteiger partial charge on any atom is 0.267 e. The van der Waals surface area contributed by atoms with Gasteiger partial charge in [-0.1, -0.05) is 11.2 Å². The van der Waals surface area contributed by atoms with Crippen LogP contribution in [0.3, 0.4) is 0 Å². The first-order valence-electron chi connectivity index (χ1n) is 7.42. The second-order valence-electron chi connectivity index (χ2n) is 5.25. The molecular weight excluding hydrogens is 346 g/mol. The third kappa shape index (κ3) is 4.25. The summed E-state index contributed by atoms with van der Waals surface area (Å²) in [4.78, 5) is 21.4. The monoisotopic (exact) mass is 363 g/mol. The summed E-state index contributed by atoms with van der Waals surface area (Å²) in [7, 11) is 1.90. The van der Waals surface area contributed by atoms with E-state index < -0.39 is 0 Å². The zero-order chi connectivity index (χ0) is 16.9. The van der Waals surface area contributed by atoms with E-state index in [-0.39, 0.29) is 11.9 Å². The first-order chi connectivity index (χ1) is 11.6. The number of thiophene rings is 1. The summed E-state index contributed by atoms with van der Waals surface area (Å²) in [6.45, 7) is 2.05. The van der Waals surface area contributed by atoms with Crippen molar-refractivity contribution in [3.63, 3.8) is 0 Å². The fourth-order valence-corrected chi connectivity index (χ4v) is 3.31. The molecule has 1 unspecified atom stereocenters. The van der Waals surface area contributed by atoms with Crippen LogP contribution in [0.25, 0.3) is 0 Å². The number of carbonyl (C=O) groups is 1. The van der Waals surface area contributed by atoms with Crippen molar-refractivity contribution in [2.45, 2.75) is 25.8 Å². The third-order valence-corrected chi connectivity index (χ3v) is 5.02. The average Bonchev–Trinajstić information content (AvgIpc) is 3.30. The second kappa shape index (κ2) is 7.65. The molecule has 0 saturated heterocycles. The molecular formula is C15H17N5O2S2. The van der Waals surface area contributed by atoms with Crippen LogP contribution in [-0.2, 0) is 12.8 Å². The van der Waals surface area contributed by atoms with Crippen molar-refractivity contribution >= 4 is 33.7 Å². The Kier molecular flexibility index (Phi) is 5.34. The van der Waals surface area contributed by atoms with Gasteiger partial charge in [-0.15, -0.1) is 22.7 Å². The van der Waals surface area contributed by atoms with Gasteiger partial charge in [0.15, 0.2) is 11.0 Å². The highest BCUT2D eigenvalue weighted by atomic mass is 32.1. The lowest BCUT2D eigenvalue weighted by Crippen LogP contribution is -2.24. The summed E-state index contributed by atoms with van der Waals surface area (Å²) in [6.07, 6.45) is 1.16. The number of carbonyl (C=O) groups excluding carboxylic acids is 1. The molecule has 0 radical (unpaired) electrons. The molecule has 0 aliphatic heterocycles. The number of rotatable bonds is 7. The van der Waals surface area contributed by atoms with Crippen molar-refractivity contribution in [1.29, 1.82) is 0 Å². The maximum absolute atomic E-state index is 12.0. The molecule has 9 heteroatoms. The van der Waals surface area contributed by atoms with E-state index in [0.717, 1.165) is 5.69 Å². The molecule has 0 aliphatic rings. The number of nitrogens with one attached hydrogen (secondary N) is 2. The van der Waals surface area contributed by atoms with E-state index in [2.05, 4.69) is 32.7 Å². The van der Waals surface area contributed by atoms with Crippen LogP contribution in [0.1, 0.15) is 34.0 Å². The van der Waals surface area contributed by atoms with Crippen molar-refractivity contribution in [1.82, 2.24) is 20.4 Å². The van der Waals surface area contributed by atoms with Crippen molar-refractivity contribution < 1.29 is 9.32 Å². The quantitative estimate of drug-likeness (QED) is 0.670. The minimum Gasteiger partial charge on any atom is -0.339 e. The van der Waals surface area contributed by atoms with Crippen molar-refractivity contribution in [3.05, 3.63) is 45.2 Å². The van der Waals surface area contributed by atoms with Crippen LogP contribution in [0.15, 0.2) is 27.4 Å². The molecule has 126 valence electrons. The zero-order valence-electron chi connectivity index (χ0n) is 13.3. The fourth-order valence-electron chi connectivity index (χ4n) is 1.99. The van der Waals surface area contributed by atoms with Crippen LogP contribution in [-0.4, -0.2) is 34.1 Å². The van der Waals surface area contributed by atoms with Gasteiger partial charge >= 0.3 is 0 Å². The summed E-state index contributed by atoms with van der Waals surface area (Å²) in [5.74, 6) is 1.05. The minimum atomic E-state index is -0.146. The topological polar surface area (TPSA) is 92.9 Å². The predicted molar refractivity (Wildman–Crippen MR) is 93.7 cm³/mol. The lowest BCUT2D eigenvalue weighted by atomic mass is 10.2. The predicted octanol–water partition coefficient (Wildman–Crippen LogP) is 2.58. The van der Waals surface area contributed by atoms with Gasteiger partial charge in [-0.05, 0) is 25.4 Å². The maximum atomic E-state index is 12.0. The summed E-state index contributed by atoms with van der Waals surface area (Å²) < 4.78 is 5.25. The molecule has 2 N–H and O–H groups in total. The van der Waals surface area contributed by atoms with Gasteiger partial charge in [0.05, 0.1) is 17.0 Å². The molecule has 1 amide bonds. The van der Waals surface area contributed by atoms with Crippen LogP contribution in [0.4, 0.5) is 5.13 Å². The Morgan fingerprint density at radius 1 is 1.38 bits per heavy atom. The van der Waals surface area contributed by atoms with Crippen molar-refractivity contribution in [3.8, 4) is 0 Å². The third-order valence-electron chi connectivity index (χ3n) is 3.34. The first kappa shape index (κ1) is 16.7. The molecule has 3 heterocycles. The number of nitrogens with zero attached hydrogens (tertiary/aromatic N) is 3. The van der Waals surface area contributed by atoms with Crippen molar-refractivity contribution in [2.75, 3.05) is 12.4 Å². The molecule has 3 aromatic heterocycles. The van der Waals surface area contributed by atoms with E-state index in [1.165, 1.54) is 22.7 Å². The van der Waals surface area contributed by atoms with E-state index in [4.69, 9.17) is 4.52 Å². The van der Waals surface area contributed by atoms with Gasteiger partial charge in [0, 0.05) is 17.8 Å². The van der Waals surface area contributed by atoms with Crippen molar-refractivity contribution in [2.24, 2.45) is 0 Å².